The molecule has 18 nitrogen and oxygen atoms in total. The van der Waals surface area contributed by atoms with E-state index >= 15 is 0 Å². The molecule has 1 aliphatic heterocycles. The van der Waals surface area contributed by atoms with Crippen molar-refractivity contribution in [3.8, 4) is 0 Å². The third-order valence-electron chi connectivity index (χ3n) is 4.52. The van der Waals surface area contributed by atoms with Crippen LogP contribution in [0.15, 0.2) is 0 Å². The lowest BCUT2D eigenvalue weighted by Crippen LogP contribution is -2.52. The van der Waals surface area contributed by atoms with Crippen LogP contribution in [0.4, 0.5) is 0 Å². The zero-order valence-electron chi connectivity index (χ0n) is 18.3. The highest BCUT2D eigenvalue weighted by molar-refractivity contribution is 6.03. The van der Waals surface area contributed by atoms with Gasteiger partial charge < -0.3 is 0 Å². The number of imide groups is 6. The second-order valence-electron chi connectivity index (χ2n) is 6.76. The summed E-state index contributed by atoms with van der Waals surface area (Å²) in [6, 6.07) is 0. The van der Waals surface area contributed by atoms with Crippen molar-refractivity contribution in [2.45, 2.75) is 0 Å². The van der Waals surface area contributed by atoms with Crippen molar-refractivity contribution in [2.75, 3.05) is 39.3 Å². The van der Waals surface area contributed by atoms with Crippen molar-refractivity contribution in [3.05, 3.63) is 0 Å². The topological polar surface area (TPSA) is 224 Å². The van der Waals surface area contributed by atoms with E-state index in [1.165, 1.54) is 0 Å². The van der Waals surface area contributed by atoms with Gasteiger partial charge in [-0.15, -0.1) is 0 Å². The highest BCUT2D eigenvalue weighted by Crippen LogP contribution is 2.01. The van der Waals surface area contributed by atoms with Gasteiger partial charge in [0.05, 0.1) is 0 Å². The summed E-state index contributed by atoms with van der Waals surface area (Å²) in [5.41, 5.74) is 0. The van der Waals surface area contributed by atoms with Crippen molar-refractivity contribution in [1.82, 2.24) is 29.4 Å². The van der Waals surface area contributed by atoms with Crippen molar-refractivity contribution in [2.24, 2.45) is 0 Å². The summed E-state index contributed by atoms with van der Waals surface area (Å²) in [7, 11) is 0. The summed E-state index contributed by atoms with van der Waals surface area (Å²) in [4.78, 5) is 143. The Hall–Kier alpha value is -5.16. The van der Waals surface area contributed by atoms with Gasteiger partial charge in [0.25, 0.3) is 0 Å². The fourth-order valence-corrected chi connectivity index (χ4v) is 2.52. The van der Waals surface area contributed by atoms with Crippen LogP contribution in [-0.4, -0.2) is 143 Å². The molecule has 0 radical (unpaired) electrons. The number of carbonyl (C=O) groups excluding carboxylic acids is 12. The lowest BCUT2D eigenvalue weighted by Gasteiger charge is -2.25. The third-order valence-corrected chi connectivity index (χ3v) is 4.52. The van der Waals surface area contributed by atoms with Gasteiger partial charge in [0.1, 0.15) is 39.3 Å². The molecule has 192 valence electrons. The Balaban J connectivity index is 3.42. The molecule has 1 saturated heterocycles. The smallest absolute Gasteiger partial charge is 0.249 e. The number of hydrogen-bond acceptors (Lipinski definition) is 12. The summed E-state index contributed by atoms with van der Waals surface area (Å²) >= 11 is 0. The molecule has 0 saturated carbocycles. The van der Waals surface area contributed by atoms with E-state index in [2.05, 4.69) is 0 Å². The SMILES string of the molecule is O=CN1CC(=O)N(C=O)CC(=O)N(C=O)CC(=O)N(C=O)CC(=O)N(C=O)CC(=O)N(C=O)CC1=O. The summed E-state index contributed by atoms with van der Waals surface area (Å²) in [5.74, 6) is -7.79. The molecule has 0 atom stereocenters. The molecule has 1 heterocycles. The average molecular weight is 510 g/mol. The molecule has 0 aromatic heterocycles. The number of nitrogens with zero attached hydrogens (tertiary/aromatic N) is 6. The Kier molecular flexibility index (Phi) is 10.8. The maximum absolute atomic E-state index is 12.3. The summed E-state index contributed by atoms with van der Waals surface area (Å²) in [6.07, 6.45) is -0.985. The van der Waals surface area contributed by atoms with Crippen LogP contribution in [-0.2, 0) is 57.5 Å². The first-order valence-corrected chi connectivity index (χ1v) is 9.55. The standard InChI is InChI=1S/C18H18N6O12/c25-7-19-1-13(31)20(8-26)3-15(33)22(10-28)5-17(35)24(12-30)6-18(36)23(11-29)4-16(34)21(9-27)2-14(19)32/h7-12H,1-6H2. The van der Waals surface area contributed by atoms with Crippen LogP contribution in [0.1, 0.15) is 0 Å². The Morgan fingerprint density at radius 3 is 0.500 bits per heavy atom. The molecule has 0 unspecified atom stereocenters. The lowest BCUT2D eigenvalue weighted by atomic mass is 10.3. The minimum Gasteiger partial charge on any atom is -0.278 e. The van der Waals surface area contributed by atoms with E-state index in [0.29, 0.717) is 0 Å². The van der Waals surface area contributed by atoms with Gasteiger partial charge in [0.15, 0.2) is 0 Å². The molecule has 0 N–H and O–H groups in total. The first-order chi connectivity index (χ1) is 17.1. The average Bonchev–Trinajstić information content (AvgIpc) is 2.87. The quantitative estimate of drug-likeness (QED) is 0.304. The van der Waals surface area contributed by atoms with E-state index in [4.69, 9.17) is 0 Å². The molecule has 12 amide bonds. The molecular weight excluding hydrogens is 492 g/mol. The maximum Gasteiger partial charge on any atom is 0.249 e. The van der Waals surface area contributed by atoms with Crippen LogP contribution in [0, 0.1) is 0 Å². The minimum absolute atomic E-state index is 0.164. The van der Waals surface area contributed by atoms with Crippen LogP contribution < -0.4 is 0 Å². The fourth-order valence-electron chi connectivity index (χ4n) is 2.52. The maximum atomic E-state index is 12.3. The first-order valence-electron chi connectivity index (χ1n) is 9.55. The van der Waals surface area contributed by atoms with E-state index in [1.54, 1.807) is 0 Å². The monoisotopic (exact) mass is 510 g/mol. The fraction of sp³-hybridized carbons (Fsp3) is 0.333. The van der Waals surface area contributed by atoms with Crippen LogP contribution in [0.3, 0.4) is 0 Å². The van der Waals surface area contributed by atoms with Gasteiger partial charge in [-0.25, -0.2) is 0 Å². The van der Waals surface area contributed by atoms with Gasteiger partial charge in [0, 0.05) is 0 Å². The molecule has 1 fully saturated rings. The van der Waals surface area contributed by atoms with E-state index < -0.39 is 74.7 Å². The summed E-state index contributed by atoms with van der Waals surface area (Å²) in [5, 5.41) is 0. The predicted molar refractivity (Wildman–Crippen MR) is 107 cm³/mol. The molecule has 0 aromatic rings. The summed E-state index contributed by atoms with van der Waals surface area (Å²) < 4.78 is 0. The number of hydrogen-bond donors (Lipinski definition) is 0. The zero-order valence-corrected chi connectivity index (χ0v) is 18.3. The molecule has 0 aliphatic carbocycles. The number of amides is 12. The van der Waals surface area contributed by atoms with Crippen molar-refractivity contribution >= 4 is 73.9 Å². The predicted octanol–water partition coefficient (Wildman–Crippen LogP) is -6.09. The largest absolute Gasteiger partial charge is 0.278 e. The second-order valence-corrected chi connectivity index (χ2v) is 6.76. The lowest BCUT2D eigenvalue weighted by molar-refractivity contribution is -0.155. The van der Waals surface area contributed by atoms with Gasteiger partial charge in [-0.2, -0.15) is 0 Å². The van der Waals surface area contributed by atoms with Crippen molar-refractivity contribution in [3.63, 3.8) is 0 Å². The molecule has 0 spiro atoms. The van der Waals surface area contributed by atoms with Gasteiger partial charge in [-0.3, -0.25) is 86.9 Å². The Morgan fingerprint density at radius 2 is 0.417 bits per heavy atom. The normalized spacial score (nSPS) is 18.0. The third kappa shape index (κ3) is 7.43. The molecular formula is C18H18N6O12. The van der Waals surface area contributed by atoms with E-state index in [9.17, 15) is 57.5 Å². The van der Waals surface area contributed by atoms with Gasteiger partial charge >= 0.3 is 0 Å². The highest BCUT2D eigenvalue weighted by Gasteiger charge is 2.30. The molecule has 1 rings (SSSR count). The summed E-state index contributed by atoms with van der Waals surface area (Å²) in [6.45, 7) is -6.79. The Morgan fingerprint density at radius 1 is 0.306 bits per heavy atom. The van der Waals surface area contributed by atoms with Gasteiger partial charge in [-0.05, 0) is 0 Å². The second kappa shape index (κ2) is 13.5. The molecule has 0 aromatic carbocycles. The molecule has 18 heteroatoms. The highest BCUT2D eigenvalue weighted by atomic mass is 16.2. The Bertz CT molecular complexity index is 795. The molecule has 36 heavy (non-hydrogen) atoms. The minimum atomic E-state index is -1.30. The molecule has 1 aliphatic rings. The van der Waals surface area contributed by atoms with E-state index in [0.717, 1.165) is 0 Å². The first kappa shape index (κ1) is 28.9. The van der Waals surface area contributed by atoms with Crippen LogP contribution >= 0.6 is 0 Å². The van der Waals surface area contributed by atoms with Crippen LogP contribution in [0.5, 0.6) is 0 Å². The number of carbonyl (C=O) groups is 12. The van der Waals surface area contributed by atoms with Crippen LogP contribution in [0.2, 0.25) is 0 Å². The Labute approximate surface area is 200 Å². The molecule has 0 bridgehead atoms. The van der Waals surface area contributed by atoms with E-state index in [-0.39, 0.29) is 67.9 Å². The van der Waals surface area contributed by atoms with Crippen LogP contribution in [0.25, 0.3) is 0 Å². The van der Waals surface area contributed by atoms with Gasteiger partial charge in [-0.1, -0.05) is 0 Å². The number of rotatable bonds is 6. The van der Waals surface area contributed by atoms with E-state index in [1.807, 2.05) is 0 Å². The van der Waals surface area contributed by atoms with Gasteiger partial charge in [0.2, 0.25) is 73.9 Å². The van der Waals surface area contributed by atoms with Crippen molar-refractivity contribution < 1.29 is 57.5 Å². The van der Waals surface area contributed by atoms with Crippen molar-refractivity contribution in [1.29, 1.82) is 0 Å². The zero-order chi connectivity index (χ0) is 27.4.